The van der Waals surface area contributed by atoms with Gasteiger partial charge in [0.05, 0.1) is 11.4 Å². The number of aromatic amines is 1. The molecule has 0 fully saturated rings. The Hall–Kier alpha value is -2.93. The lowest BCUT2D eigenvalue weighted by molar-refractivity contribution is 0.0952. The van der Waals surface area contributed by atoms with E-state index in [4.69, 9.17) is 11.6 Å². The zero-order chi connectivity index (χ0) is 17.4. The minimum atomic E-state index is -0.374. The number of carbonyl (C=O) groups excluding carboxylic acids is 1. The number of hydrogen-bond donors (Lipinski definition) is 3. The van der Waals surface area contributed by atoms with E-state index in [0.29, 0.717) is 51.7 Å². The van der Waals surface area contributed by atoms with Crippen molar-refractivity contribution in [1.82, 2.24) is 15.3 Å². The number of pyridine rings is 1. The number of aromatic nitrogens is 2. The molecule has 1 aliphatic rings. The van der Waals surface area contributed by atoms with Crippen LogP contribution in [0.2, 0.25) is 5.15 Å². The Morgan fingerprint density at radius 3 is 3.04 bits per heavy atom. The van der Waals surface area contributed by atoms with Gasteiger partial charge in [-0.25, -0.2) is 9.37 Å². The van der Waals surface area contributed by atoms with Crippen LogP contribution in [-0.2, 0) is 0 Å². The summed E-state index contributed by atoms with van der Waals surface area (Å²) in [5.74, 6) is -0.613. The van der Waals surface area contributed by atoms with Crippen LogP contribution in [0.15, 0.2) is 41.6 Å². The zero-order valence-corrected chi connectivity index (χ0v) is 13.7. The summed E-state index contributed by atoms with van der Waals surface area (Å²) in [6, 6.07) is 7.83. The number of hydrazone groups is 1. The quantitative estimate of drug-likeness (QED) is 0.486. The van der Waals surface area contributed by atoms with Crippen molar-refractivity contribution in [2.24, 2.45) is 5.10 Å². The van der Waals surface area contributed by atoms with Crippen LogP contribution in [0.4, 0.5) is 10.1 Å². The Bertz CT molecular complexity index is 1010. The maximum Gasteiger partial charge on any atom is 0.268 e. The van der Waals surface area contributed by atoms with E-state index in [2.05, 4.69) is 25.8 Å². The number of carbonyl (C=O) groups is 1. The predicted molar refractivity (Wildman–Crippen MR) is 94.6 cm³/mol. The van der Waals surface area contributed by atoms with E-state index in [-0.39, 0.29) is 11.7 Å². The first kappa shape index (κ1) is 15.6. The summed E-state index contributed by atoms with van der Waals surface area (Å²) < 4.78 is 13.7. The van der Waals surface area contributed by atoms with E-state index in [9.17, 15) is 9.18 Å². The van der Waals surface area contributed by atoms with E-state index < -0.39 is 0 Å². The molecule has 0 saturated carbocycles. The van der Waals surface area contributed by atoms with Gasteiger partial charge in [-0.3, -0.25) is 10.2 Å². The van der Waals surface area contributed by atoms with Crippen LogP contribution in [0, 0.1) is 5.82 Å². The highest BCUT2D eigenvalue weighted by Crippen LogP contribution is 2.27. The molecular weight excluding hydrogens is 345 g/mol. The Labute approximate surface area is 147 Å². The third-order valence-corrected chi connectivity index (χ3v) is 4.30. The highest BCUT2D eigenvalue weighted by molar-refractivity contribution is 6.32. The predicted octanol–water partition coefficient (Wildman–Crippen LogP) is 3.31. The number of rotatable bonds is 2. The largest absolute Gasteiger partial charge is 0.350 e. The molecule has 1 aromatic carbocycles. The standard InChI is InChI=1S/C17H13ClFN5O/c18-16-13(2-1-6-20-16)24-23-12-5-7-21-17(25)15-14(12)10-8-9(19)3-4-11(10)22-15/h1-4,6,8,22,24H,5,7H2,(H,21,25)/b23-12+. The monoisotopic (exact) mass is 357 g/mol. The summed E-state index contributed by atoms with van der Waals surface area (Å²) in [4.78, 5) is 19.3. The summed E-state index contributed by atoms with van der Waals surface area (Å²) in [6.45, 7) is 0.430. The third-order valence-electron chi connectivity index (χ3n) is 3.99. The molecule has 0 saturated heterocycles. The molecule has 0 aliphatic carbocycles. The molecule has 0 radical (unpaired) electrons. The van der Waals surface area contributed by atoms with Gasteiger partial charge in [0, 0.05) is 35.6 Å². The van der Waals surface area contributed by atoms with Crippen molar-refractivity contribution in [3.05, 3.63) is 58.8 Å². The number of fused-ring (bicyclic) bond motifs is 3. The van der Waals surface area contributed by atoms with Crippen molar-refractivity contribution in [3.63, 3.8) is 0 Å². The lowest BCUT2D eigenvalue weighted by Gasteiger charge is -2.06. The average Bonchev–Trinajstić information content (AvgIpc) is 2.90. The van der Waals surface area contributed by atoms with Crippen LogP contribution in [0.3, 0.4) is 0 Å². The van der Waals surface area contributed by atoms with E-state index in [1.807, 2.05) is 0 Å². The molecule has 0 atom stereocenters. The Balaban J connectivity index is 1.84. The number of H-pyrrole nitrogens is 1. The molecule has 0 spiro atoms. The van der Waals surface area contributed by atoms with Crippen molar-refractivity contribution in [1.29, 1.82) is 0 Å². The molecule has 126 valence electrons. The number of amides is 1. The van der Waals surface area contributed by atoms with E-state index in [1.54, 1.807) is 24.4 Å². The zero-order valence-electron chi connectivity index (χ0n) is 12.9. The van der Waals surface area contributed by atoms with Crippen molar-refractivity contribution in [2.75, 3.05) is 12.0 Å². The minimum Gasteiger partial charge on any atom is -0.350 e. The second-order valence-corrected chi connectivity index (χ2v) is 5.94. The van der Waals surface area contributed by atoms with Gasteiger partial charge in [0.2, 0.25) is 0 Å². The fraction of sp³-hybridized carbons (Fsp3) is 0.118. The normalized spacial score (nSPS) is 15.8. The highest BCUT2D eigenvalue weighted by atomic mass is 35.5. The van der Waals surface area contributed by atoms with Gasteiger partial charge in [0.1, 0.15) is 11.5 Å². The van der Waals surface area contributed by atoms with Gasteiger partial charge in [-0.05, 0) is 30.3 Å². The molecule has 1 amide bonds. The number of hydrogen-bond acceptors (Lipinski definition) is 4. The first-order valence-electron chi connectivity index (χ1n) is 7.66. The van der Waals surface area contributed by atoms with Crippen LogP contribution in [0.25, 0.3) is 10.9 Å². The maximum absolute atomic E-state index is 13.7. The van der Waals surface area contributed by atoms with Crippen LogP contribution in [0.5, 0.6) is 0 Å². The fourth-order valence-corrected chi connectivity index (χ4v) is 3.01. The SMILES string of the molecule is O=C1NCC/C(=N\Nc2cccnc2Cl)c2c1[nH]c1ccc(F)cc21. The smallest absolute Gasteiger partial charge is 0.268 e. The van der Waals surface area contributed by atoms with Crippen molar-refractivity contribution >= 4 is 39.8 Å². The Morgan fingerprint density at radius 2 is 2.20 bits per heavy atom. The number of anilines is 1. The van der Waals surface area contributed by atoms with Crippen LogP contribution in [-0.4, -0.2) is 28.1 Å². The van der Waals surface area contributed by atoms with Gasteiger partial charge in [-0.1, -0.05) is 11.6 Å². The van der Waals surface area contributed by atoms with Gasteiger partial charge in [0.25, 0.3) is 5.91 Å². The average molecular weight is 358 g/mol. The molecule has 25 heavy (non-hydrogen) atoms. The molecule has 6 nitrogen and oxygen atoms in total. The third kappa shape index (κ3) is 2.83. The van der Waals surface area contributed by atoms with Crippen molar-refractivity contribution in [2.45, 2.75) is 6.42 Å². The van der Waals surface area contributed by atoms with Crippen molar-refractivity contribution in [3.8, 4) is 0 Å². The fourth-order valence-electron chi connectivity index (χ4n) is 2.85. The van der Waals surface area contributed by atoms with Crippen LogP contribution < -0.4 is 10.7 Å². The lowest BCUT2D eigenvalue weighted by atomic mass is 10.0. The van der Waals surface area contributed by atoms with Crippen LogP contribution in [0.1, 0.15) is 22.5 Å². The highest BCUT2D eigenvalue weighted by Gasteiger charge is 2.25. The summed E-state index contributed by atoms with van der Waals surface area (Å²) in [5.41, 5.74) is 5.70. The van der Waals surface area contributed by atoms with Gasteiger partial charge < -0.3 is 10.3 Å². The summed E-state index contributed by atoms with van der Waals surface area (Å²) >= 11 is 6.03. The second kappa shape index (κ2) is 6.18. The summed E-state index contributed by atoms with van der Waals surface area (Å²) in [6.07, 6.45) is 2.07. The van der Waals surface area contributed by atoms with Gasteiger partial charge >= 0.3 is 0 Å². The number of nitrogens with one attached hydrogen (secondary N) is 3. The number of nitrogens with zero attached hydrogens (tertiary/aromatic N) is 2. The molecule has 0 bridgehead atoms. The molecule has 3 N–H and O–H groups in total. The molecule has 2 aromatic heterocycles. The molecule has 8 heteroatoms. The van der Waals surface area contributed by atoms with Gasteiger partial charge in [0.15, 0.2) is 5.15 Å². The second-order valence-electron chi connectivity index (χ2n) is 5.58. The minimum absolute atomic E-state index is 0.240. The summed E-state index contributed by atoms with van der Waals surface area (Å²) in [5, 5.41) is 8.12. The molecule has 0 unspecified atom stereocenters. The molecule has 3 aromatic rings. The maximum atomic E-state index is 13.7. The van der Waals surface area contributed by atoms with E-state index >= 15 is 0 Å². The van der Waals surface area contributed by atoms with Crippen LogP contribution >= 0.6 is 11.6 Å². The van der Waals surface area contributed by atoms with Crippen molar-refractivity contribution < 1.29 is 9.18 Å². The Kier molecular flexibility index (Phi) is 3.85. The molecular formula is C17H13ClFN5O. The molecule has 4 rings (SSSR count). The lowest BCUT2D eigenvalue weighted by Crippen LogP contribution is -2.23. The topological polar surface area (TPSA) is 82.2 Å². The van der Waals surface area contributed by atoms with E-state index in [1.165, 1.54) is 12.1 Å². The molecule has 1 aliphatic heterocycles. The number of benzene rings is 1. The first-order valence-corrected chi connectivity index (χ1v) is 8.04. The van der Waals surface area contributed by atoms with Gasteiger partial charge in [-0.2, -0.15) is 5.10 Å². The summed E-state index contributed by atoms with van der Waals surface area (Å²) in [7, 11) is 0. The first-order chi connectivity index (χ1) is 12.1. The Morgan fingerprint density at radius 1 is 1.32 bits per heavy atom. The number of halogens is 2. The van der Waals surface area contributed by atoms with Gasteiger partial charge in [-0.15, -0.1) is 0 Å². The van der Waals surface area contributed by atoms with E-state index in [0.717, 1.165) is 0 Å². The molecule has 3 heterocycles.